The third kappa shape index (κ3) is 5.14. The lowest BCUT2D eigenvalue weighted by Gasteiger charge is -2.48. The van der Waals surface area contributed by atoms with Gasteiger partial charge in [0.2, 0.25) is 0 Å². The first-order valence-corrected chi connectivity index (χ1v) is 21.1. The molecule has 0 aromatic carbocycles. The minimum absolute atomic E-state index is 0.0491. The minimum atomic E-state index is -2.02. The Balaban J connectivity index is 2.58. The highest BCUT2D eigenvalue weighted by molar-refractivity contribution is 6.87. The zero-order chi connectivity index (χ0) is 23.5. The van der Waals surface area contributed by atoms with E-state index in [1.165, 1.54) is 10.8 Å². The number of carbonyl (C=O) groups excluding carboxylic acids is 1. The van der Waals surface area contributed by atoms with E-state index in [1.54, 1.807) is 0 Å². The summed E-state index contributed by atoms with van der Waals surface area (Å²) < 4.78 is 14.2. The summed E-state index contributed by atoms with van der Waals surface area (Å²) >= 11 is 0. The molecule has 0 N–H and O–H groups in total. The van der Waals surface area contributed by atoms with Crippen molar-refractivity contribution < 1.29 is 13.6 Å². The summed E-state index contributed by atoms with van der Waals surface area (Å²) in [5.41, 5.74) is 1.35. The van der Waals surface area contributed by atoms with Crippen molar-refractivity contribution in [3.05, 3.63) is 10.8 Å². The molecule has 0 unspecified atom stereocenters. The van der Waals surface area contributed by atoms with Crippen molar-refractivity contribution >= 4 is 30.5 Å². The van der Waals surface area contributed by atoms with Crippen molar-refractivity contribution in [3.63, 3.8) is 0 Å². The molecule has 3 atom stereocenters. The smallest absolute Gasteiger partial charge is 0.193 e. The average molecular weight is 469 g/mol. The maximum Gasteiger partial charge on any atom is 0.193 e. The molecule has 0 radical (unpaired) electrons. The molecular weight excluding hydrogens is 421 g/mol. The molecule has 6 heteroatoms. The molecule has 30 heavy (non-hydrogen) atoms. The van der Waals surface area contributed by atoms with E-state index in [9.17, 15) is 4.79 Å². The fraction of sp³-hybridized carbons (Fsp3) is 0.875. The van der Waals surface area contributed by atoms with Gasteiger partial charge in [-0.05, 0) is 65.8 Å². The summed E-state index contributed by atoms with van der Waals surface area (Å²) in [7, 11) is -5.73. The van der Waals surface area contributed by atoms with E-state index in [2.05, 4.69) is 87.4 Å². The standard InChI is InChI=1S/C24H48O3Si3/c1-23(2,3)29(10,11)26-19-15-14-17-16-18(25)22(28(7,8)9)20(17)21(19)27-30(12,13)24(4,5)6/h17,19,21H,14-16H2,1-13H3/t17-,19+,21-/m1/s1. The third-order valence-electron chi connectivity index (χ3n) is 8.11. The van der Waals surface area contributed by atoms with Crippen LogP contribution in [0.1, 0.15) is 60.8 Å². The number of allylic oxidation sites excluding steroid dienone is 1. The van der Waals surface area contributed by atoms with Crippen molar-refractivity contribution in [3.8, 4) is 0 Å². The lowest BCUT2D eigenvalue weighted by Crippen LogP contribution is -2.54. The van der Waals surface area contributed by atoms with Gasteiger partial charge in [0.1, 0.15) is 0 Å². The Kier molecular flexibility index (Phi) is 7.07. The Labute approximate surface area is 189 Å². The molecular formula is C24H48O3Si3. The maximum absolute atomic E-state index is 13.1. The van der Waals surface area contributed by atoms with Crippen LogP contribution in [-0.4, -0.2) is 42.7 Å². The SMILES string of the molecule is CC(C)(C)[Si](C)(C)O[C@H]1CC[C@@H]2CC(=O)C([Si](C)(C)C)=C2[C@@H]1O[Si](C)(C)C(C)(C)C. The fourth-order valence-electron chi connectivity index (χ4n) is 4.31. The van der Waals surface area contributed by atoms with E-state index in [4.69, 9.17) is 8.85 Å². The summed E-state index contributed by atoms with van der Waals surface area (Å²) in [6.45, 7) is 30.1. The number of ketones is 1. The van der Waals surface area contributed by atoms with Gasteiger partial charge in [0.05, 0.1) is 20.3 Å². The van der Waals surface area contributed by atoms with Crippen molar-refractivity contribution in [1.29, 1.82) is 0 Å². The van der Waals surface area contributed by atoms with Gasteiger partial charge in [-0.15, -0.1) is 0 Å². The van der Waals surface area contributed by atoms with Gasteiger partial charge in [0.25, 0.3) is 0 Å². The summed E-state index contributed by atoms with van der Waals surface area (Å²) in [5.74, 6) is 0.763. The van der Waals surface area contributed by atoms with E-state index in [-0.39, 0.29) is 22.3 Å². The van der Waals surface area contributed by atoms with E-state index in [1.807, 2.05) is 0 Å². The molecule has 0 amide bonds. The lowest BCUT2D eigenvalue weighted by atomic mass is 9.82. The van der Waals surface area contributed by atoms with Crippen LogP contribution < -0.4 is 0 Å². The van der Waals surface area contributed by atoms with Gasteiger partial charge in [-0.2, -0.15) is 0 Å². The minimum Gasteiger partial charge on any atom is -0.411 e. The van der Waals surface area contributed by atoms with Crippen LogP contribution in [0.5, 0.6) is 0 Å². The number of carbonyl (C=O) groups is 1. The average Bonchev–Trinajstić information content (AvgIpc) is 2.83. The molecule has 0 aromatic rings. The molecule has 0 saturated heterocycles. The maximum atomic E-state index is 13.1. The molecule has 0 aromatic heterocycles. The predicted octanol–water partition coefficient (Wildman–Crippen LogP) is 7.32. The molecule has 3 nitrogen and oxygen atoms in total. The van der Waals surface area contributed by atoms with Crippen LogP contribution in [0, 0.1) is 5.92 Å². The zero-order valence-corrected chi connectivity index (χ0v) is 25.1. The molecule has 1 saturated carbocycles. The second-order valence-electron chi connectivity index (χ2n) is 13.7. The van der Waals surface area contributed by atoms with Crippen LogP contribution in [0.3, 0.4) is 0 Å². The number of fused-ring (bicyclic) bond motifs is 1. The van der Waals surface area contributed by atoms with Gasteiger partial charge in [0.15, 0.2) is 22.4 Å². The van der Waals surface area contributed by atoms with Gasteiger partial charge in [-0.25, -0.2) is 0 Å². The molecule has 2 aliphatic rings. The first-order valence-electron chi connectivity index (χ1n) is 11.8. The van der Waals surface area contributed by atoms with E-state index >= 15 is 0 Å². The second kappa shape index (κ2) is 8.08. The normalized spacial score (nSPS) is 27.0. The molecule has 0 bridgehead atoms. The Bertz CT molecular complexity index is 703. The molecule has 1 fully saturated rings. The van der Waals surface area contributed by atoms with Crippen molar-refractivity contribution in [2.24, 2.45) is 5.92 Å². The molecule has 2 aliphatic carbocycles. The van der Waals surface area contributed by atoms with Crippen LogP contribution in [-0.2, 0) is 13.6 Å². The number of Topliss-reactive ketones (excluding diaryl/α,β-unsaturated/α-hetero) is 1. The summed E-state index contributed by atoms with van der Waals surface area (Å²) in [6, 6.07) is 0. The Morgan fingerprint density at radius 3 is 1.67 bits per heavy atom. The van der Waals surface area contributed by atoms with Crippen LogP contribution >= 0.6 is 0 Å². The molecule has 0 aliphatic heterocycles. The lowest BCUT2D eigenvalue weighted by molar-refractivity contribution is -0.114. The van der Waals surface area contributed by atoms with Crippen molar-refractivity contribution in [2.75, 3.05) is 0 Å². The highest BCUT2D eigenvalue weighted by atomic mass is 28.4. The van der Waals surface area contributed by atoms with Crippen molar-refractivity contribution in [1.82, 2.24) is 0 Å². The van der Waals surface area contributed by atoms with Crippen molar-refractivity contribution in [2.45, 2.75) is 129 Å². The summed E-state index contributed by atoms with van der Waals surface area (Å²) in [4.78, 5) is 13.1. The van der Waals surface area contributed by atoms with Gasteiger partial charge >= 0.3 is 0 Å². The van der Waals surface area contributed by atoms with E-state index < -0.39 is 24.7 Å². The first-order chi connectivity index (χ1) is 13.2. The van der Waals surface area contributed by atoms with E-state index in [0.29, 0.717) is 18.1 Å². The van der Waals surface area contributed by atoms with Crippen LogP contribution in [0.25, 0.3) is 0 Å². The summed E-state index contributed by atoms with van der Waals surface area (Å²) in [5, 5.41) is 1.45. The van der Waals surface area contributed by atoms with Crippen LogP contribution in [0.2, 0.25) is 55.9 Å². The number of hydrogen-bond donors (Lipinski definition) is 0. The van der Waals surface area contributed by atoms with Crippen LogP contribution in [0.15, 0.2) is 10.8 Å². The largest absolute Gasteiger partial charge is 0.411 e. The molecule has 174 valence electrons. The second-order valence-corrected chi connectivity index (χ2v) is 28.2. The molecule has 2 rings (SSSR count). The van der Waals surface area contributed by atoms with Gasteiger partial charge in [0, 0.05) is 6.42 Å². The van der Waals surface area contributed by atoms with E-state index in [0.717, 1.165) is 12.8 Å². The Morgan fingerprint density at radius 1 is 0.767 bits per heavy atom. The van der Waals surface area contributed by atoms with Gasteiger partial charge in [-0.1, -0.05) is 61.2 Å². The molecule has 0 spiro atoms. The number of rotatable bonds is 5. The Hall–Kier alpha value is -0.0194. The van der Waals surface area contributed by atoms with Gasteiger partial charge in [-0.3, -0.25) is 4.79 Å². The quantitative estimate of drug-likeness (QED) is 0.396. The third-order valence-corrected chi connectivity index (χ3v) is 19.1. The number of hydrogen-bond acceptors (Lipinski definition) is 3. The highest BCUT2D eigenvalue weighted by Gasteiger charge is 2.52. The topological polar surface area (TPSA) is 35.5 Å². The molecule has 0 heterocycles. The summed E-state index contributed by atoms with van der Waals surface area (Å²) in [6.07, 6.45) is 2.78. The van der Waals surface area contributed by atoms with Crippen LogP contribution in [0.4, 0.5) is 0 Å². The highest BCUT2D eigenvalue weighted by Crippen LogP contribution is 2.49. The monoisotopic (exact) mass is 468 g/mol. The predicted molar refractivity (Wildman–Crippen MR) is 137 cm³/mol. The zero-order valence-electron chi connectivity index (χ0n) is 22.1. The fourth-order valence-corrected chi connectivity index (χ4v) is 9.08. The Morgan fingerprint density at radius 2 is 1.23 bits per heavy atom. The first kappa shape index (κ1) is 26.2. The van der Waals surface area contributed by atoms with Gasteiger partial charge < -0.3 is 8.85 Å².